The molecule has 17 nitrogen and oxygen atoms in total. The van der Waals surface area contributed by atoms with Crippen LogP contribution in [-0.2, 0) is 55.0 Å². The molecule has 0 amide bonds. The number of hydrogen-bond donors (Lipinski definition) is 4. The number of nitrogens with one attached hydrogen (secondary N) is 1. The number of anilines is 1. The molecule has 332 valence electrons. The molecule has 1 atom stereocenters. The zero-order valence-electron chi connectivity index (χ0n) is 34.0. The molecule has 2 heterocycles. The van der Waals surface area contributed by atoms with Crippen molar-refractivity contribution in [2.24, 2.45) is 0 Å². The molecule has 1 aromatic rings. The lowest BCUT2D eigenvalue weighted by atomic mass is 9.77. The van der Waals surface area contributed by atoms with Gasteiger partial charge in [-0.15, -0.1) is 0 Å². The second kappa shape index (κ2) is 20.3. The van der Waals surface area contributed by atoms with Gasteiger partial charge in [0.1, 0.15) is 28.7 Å². The van der Waals surface area contributed by atoms with Crippen LogP contribution in [0.1, 0.15) is 69.9 Å². The molecular formula is C39H54N3O14S4+. The van der Waals surface area contributed by atoms with Crippen molar-refractivity contribution in [2.45, 2.75) is 74.0 Å². The Morgan fingerprint density at radius 3 is 2.33 bits per heavy atom. The number of rotatable bonds is 23. The molecule has 0 radical (unpaired) electrons. The maximum absolute atomic E-state index is 13.8. The lowest BCUT2D eigenvalue weighted by Crippen LogP contribution is -2.38. The van der Waals surface area contributed by atoms with Crippen LogP contribution < -0.4 is 19.6 Å². The van der Waals surface area contributed by atoms with Gasteiger partial charge in [-0.3, -0.25) is 13.9 Å². The summed E-state index contributed by atoms with van der Waals surface area (Å²) in [5.74, 6) is -1.24. The molecule has 60 heavy (non-hydrogen) atoms. The van der Waals surface area contributed by atoms with Crippen molar-refractivity contribution < 1.29 is 61.8 Å². The molecule has 0 fully saturated rings. The number of carboxylic acids is 1. The van der Waals surface area contributed by atoms with Gasteiger partial charge in [0.05, 0.1) is 35.3 Å². The number of aliphatic carboxylic acids is 1. The maximum Gasteiger partial charge on any atom is 0.303 e. The second-order valence-electron chi connectivity index (χ2n) is 14.8. The van der Waals surface area contributed by atoms with E-state index in [0.29, 0.717) is 71.5 Å². The number of sulfonamides is 1. The monoisotopic (exact) mass is 916 g/mol. The molecule has 0 aromatic heterocycles. The summed E-state index contributed by atoms with van der Waals surface area (Å²) in [5, 5.41) is 9.44. The molecule has 4 rings (SSSR count). The highest BCUT2D eigenvalue weighted by atomic mass is 32.2. The van der Waals surface area contributed by atoms with Gasteiger partial charge in [-0.05, 0) is 87.1 Å². The van der Waals surface area contributed by atoms with Gasteiger partial charge < -0.3 is 19.2 Å². The van der Waals surface area contributed by atoms with Crippen molar-refractivity contribution in [1.29, 1.82) is 0 Å². The van der Waals surface area contributed by atoms with E-state index in [1.165, 1.54) is 31.6 Å². The van der Waals surface area contributed by atoms with Crippen LogP contribution in [0.4, 0.5) is 5.69 Å². The van der Waals surface area contributed by atoms with Gasteiger partial charge in [0.2, 0.25) is 15.4 Å². The number of hydrogen-bond acceptors (Lipinski definition) is 12. The SMILES string of the molecule is CC[N+](CCCS(C)(=O)=O)=c1cc2occc(/C=C/C=C3/N(CCCCCC(=O)O)c4ccc(S(=O)(=O)O)cc4C3(C)CCCS(=O)(=O)O)c-2cc1S(=O)(=O)NCCOC. The molecule has 1 unspecified atom stereocenters. The van der Waals surface area contributed by atoms with Crippen LogP contribution in [0, 0.1) is 0 Å². The Morgan fingerprint density at radius 2 is 1.70 bits per heavy atom. The maximum atomic E-state index is 13.8. The minimum atomic E-state index is -4.63. The van der Waals surface area contributed by atoms with Crippen LogP contribution >= 0.6 is 0 Å². The predicted octanol–water partition coefficient (Wildman–Crippen LogP) is 3.77. The minimum Gasteiger partial charge on any atom is -0.481 e. The quantitative estimate of drug-likeness (QED) is 0.0600. The molecule has 4 N–H and O–H groups in total. The van der Waals surface area contributed by atoms with Crippen LogP contribution in [-0.4, -0.2) is 112 Å². The first-order valence-corrected chi connectivity index (χ1v) is 25.8. The molecule has 0 saturated heterocycles. The van der Waals surface area contributed by atoms with Gasteiger partial charge in [0.25, 0.3) is 20.2 Å². The number of unbranched alkanes of at least 4 members (excludes halogenated alkanes) is 2. The number of ether oxygens (including phenoxy) is 1. The molecule has 1 aliphatic carbocycles. The fourth-order valence-corrected chi connectivity index (χ4v) is 10.3. The number of carbonyl (C=O) groups is 1. The highest BCUT2D eigenvalue weighted by molar-refractivity contribution is 7.90. The number of allylic oxidation sites excluding steroid dienone is 3. The number of benzene rings is 2. The Bertz CT molecular complexity index is 2580. The van der Waals surface area contributed by atoms with E-state index in [1.54, 1.807) is 47.9 Å². The molecule has 21 heteroatoms. The van der Waals surface area contributed by atoms with E-state index < -0.39 is 57.2 Å². The van der Waals surface area contributed by atoms with Crippen LogP contribution in [0.2, 0.25) is 0 Å². The Hall–Kier alpha value is -3.96. The number of sulfone groups is 1. The van der Waals surface area contributed by atoms with Crippen molar-refractivity contribution >= 4 is 57.8 Å². The second-order valence-corrected chi connectivity index (χ2v) is 21.8. The van der Waals surface area contributed by atoms with E-state index >= 15 is 0 Å². The van der Waals surface area contributed by atoms with Gasteiger partial charge in [-0.25, -0.2) is 26.1 Å². The van der Waals surface area contributed by atoms with E-state index in [9.17, 15) is 47.6 Å². The van der Waals surface area contributed by atoms with Crippen molar-refractivity contribution in [3.05, 3.63) is 77.0 Å². The summed E-state index contributed by atoms with van der Waals surface area (Å²) in [4.78, 5) is 12.7. The van der Waals surface area contributed by atoms with Crippen LogP contribution in [0.25, 0.3) is 17.4 Å². The van der Waals surface area contributed by atoms with Gasteiger partial charge in [0.15, 0.2) is 4.90 Å². The summed E-state index contributed by atoms with van der Waals surface area (Å²) in [7, 11) is -15.0. The molecule has 0 bridgehead atoms. The van der Waals surface area contributed by atoms with E-state index in [-0.39, 0.29) is 60.9 Å². The Morgan fingerprint density at radius 1 is 0.967 bits per heavy atom. The third kappa shape index (κ3) is 13.0. The summed E-state index contributed by atoms with van der Waals surface area (Å²) in [6.07, 6.45) is 9.66. The average molecular weight is 917 g/mol. The number of nitrogens with zero attached hydrogens (tertiary/aromatic N) is 2. The van der Waals surface area contributed by atoms with Crippen molar-refractivity contribution in [3.63, 3.8) is 0 Å². The summed E-state index contributed by atoms with van der Waals surface area (Å²) in [6.45, 7) is 4.70. The number of carboxylic acid groups (broad SMARTS) is 1. The van der Waals surface area contributed by atoms with Crippen molar-refractivity contribution in [2.75, 3.05) is 62.6 Å². The number of methoxy groups -OCH3 is 1. The largest absolute Gasteiger partial charge is 0.481 e. The zero-order chi connectivity index (χ0) is 44.5. The lowest BCUT2D eigenvalue weighted by molar-refractivity contribution is -0.137. The van der Waals surface area contributed by atoms with Crippen LogP contribution in [0.3, 0.4) is 0 Å². The standard InChI is InChI=1S/C39H53N3O14S4/c1-5-41(20-11-24-57(4,45)46)34-28-35-31(27-36(34)59(50,51)40-19-23-55-3)29(17-22-56-35)12-9-13-37-39(2,18-10-25-58(47,48)49)32-26-30(60(52,53)54)15-16-33(32)42(37)21-8-6-7-14-38(43)44/h9,12-13,15-17,22,26-28,40H,5-8,10-11,14,18-21,23-25H2,1-4H3,(H2-,43,44,47,48,49,52,53,54)/p+1. The molecular weight excluding hydrogens is 863 g/mol. The van der Waals surface area contributed by atoms with Crippen LogP contribution in [0.5, 0.6) is 0 Å². The molecule has 0 saturated carbocycles. The summed E-state index contributed by atoms with van der Waals surface area (Å²) in [6, 6.07) is 8.88. The normalized spacial score (nSPS) is 17.5. The lowest BCUT2D eigenvalue weighted by Gasteiger charge is -2.30. The van der Waals surface area contributed by atoms with Gasteiger partial charge in [-0.2, -0.15) is 16.8 Å². The van der Waals surface area contributed by atoms with Gasteiger partial charge >= 0.3 is 5.97 Å². The topological polar surface area (TPSA) is 255 Å². The summed E-state index contributed by atoms with van der Waals surface area (Å²) in [5.41, 5.74) is 1.63. The fraction of sp³-hybridized carbons (Fsp3) is 0.487. The molecule has 3 aliphatic rings. The fourth-order valence-electron chi connectivity index (χ4n) is 7.34. The highest BCUT2D eigenvalue weighted by Gasteiger charge is 2.43. The predicted molar refractivity (Wildman–Crippen MR) is 227 cm³/mol. The van der Waals surface area contributed by atoms with Crippen molar-refractivity contribution in [1.82, 2.24) is 9.30 Å². The first-order chi connectivity index (χ1) is 28.0. The Labute approximate surface area is 352 Å². The minimum absolute atomic E-state index is 0.00968. The average Bonchev–Trinajstić information content (AvgIpc) is 3.37. The first kappa shape index (κ1) is 48.7. The smallest absolute Gasteiger partial charge is 0.303 e. The van der Waals surface area contributed by atoms with E-state index in [4.69, 9.17) is 14.3 Å². The number of fused-ring (bicyclic) bond motifs is 2. The highest BCUT2D eigenvalue weighted by Crippen LogP contribution is 2.51. The van der Waals surface area contributed by atoms with Gasteiger partial charge in [0, 0.05) is 61.7 Å². The van der Waals surface area contributed by atoms with E-state index in [1.807, 2.05) is 11.8 Å². The van der Waals surface area contributed by atoms with E-state index in [2.05, 4.69) is 4.72 Å². The van der Waals surface area contributed by atoms with Gasteiger partial charge in [-0.1, -0.05) is 18.6 Å². The third-order valence-electron chi connectivity index (χ3n) is 10.3. The molecule has 1 aromatic carbocycles. The van der Waals surface area contributed by atoms with Crippen LogP contribution in [0.15, 0.2) is 74.7 Å². The first-order valence-electron chi connectivity index (χ1n) is 19.3. The summed E-state index contributed by atoms with van der Waals surface area (Å²) >= 11 is 0. The van der Waals surface area contributed by atoms with Crippen molar-refractivity contribution in [3.8, 4) is 11.3 Å². The zero-order valence-corrected chi connectivity index (χ0v) is 37.3. The molecule has 0 spiro atoms. The Kier molecular flexibility index (Phi) is 16.5. The molecule has 2 aliphatic heterocycles. The Balaban J connectivity index is 1.90. The van der Waals surface area contributed by atoms with E-state index in [0.717, 1.165) is 6.26 Å². The third-order valence-corrected chi connectivity index (χ3v) is 14.4. The summed E-state index contributed by atoms with van der Waals surface area (Å²) < 4.78 is 134.